The summed E-state index contributed by atoms with van der Waals surface area (Å²) in [5, 5.41) is 3.63. The van der Waals surface area contributed by atoms with E-state index in [9.17, 15) is 9.59 Å². The van der Waals surface area contributed by atoms with Gasteiger partial charge in [0.25, 0.3) is 0 Å². The van der Waals surface area contributed by atoms with Gasteiger partial charge in [0.05, 0.1) is 18.6 Å². The number of ether oxygens (including phenoxy) is 3. The van der Waals surface area contributed by atoms with Crippen LogP contribution in [-0.2, 0) is 19.7 Å². The summed E-state index contributed by atoms with van der Waals surface area (Å²) in [5.41, 5.74) is 0.977. The summed E-state index contributed by atoms with van der Waals surface area (Å²) in [5.74, 6) is -0.167. The Balaban J connectivity index is 1.88. The van der Waals surface area contributed by atoms with Gasteiger partial charge in [-0.05, 0) is 62.1 Å². The molecule has 0 saturated carbocycles. The van der Waals surface area contributed by atoms with E-state index in [0.717, 1.165) is 18.4 Å². The van der Waals surface area contributed by atoms with Crippen LogP contribution in [0.3, 0.4) is 0 Å². The Morgan fingerprint density at radius 3 is 2.47 bits per heavy atom. The van der Waals surface area contributed by atoms with Crippen molar-refractivity contribution in [1.29, 1.82) is 0 Å². The lowest BCUT2D eigenvalue weighted by molar-refractivity contribution is -0.125. The molecule has 1 aliphatic heterocycles. The first kappa shape index (κ1) is 24.1. The SMILES string of the molecule is CCCCOc1ccc(NC(=O)C2(c3ccc(Cl)cc3)CCOCC2)cc1C(=O)OCC. The Bertz CT molecular complexity index is 922. The zero-order chi connectivity index (χ0) is 23.0. The van der Waals surface area contributed by atoms with Gasteiger partial charge in [-0.1, -0.05) is 37.1 Å². The Kier molecular flexibility index (Phi) is 8.53. The van der Waals surface area contributed by atoms with Crippen molar-refractivity contribution < 1.29 is 23.8 Å². The lowest BCUT2D eigenvalue weighted by atomic mass is 9.73. The minimum atomic E-state index is -0.733. The van der Waals surface area contributed by atoms with Gasteiger partial charge in [0, 0.05) is 23.9 Å². The molecule has 0 bridgehead atoms. The molecule has 7 heteroatoms. The normalized spacial score (nSPS) is 15.1. The minimum Gasteiger partial charge on any atom is -0.493 e. The quantitative estimate of drug-likeness (QED) is 0.402. The van der Waals surface area contributed by atoms with Crippen LogP contribution >= 0.6 is 11.6 Å². The molecule has 32 heavy (non-hydrogen) atoms. The highest BCUT2D eigenvalue weighted by Gasteiger charge is 2.41. The van der Waals surface area contributed by atoms with E-state index in [1.54, 1.807) is 37.3 Å². The summed E-state index contributed by atoms with van der Waals surface area (Å²) >= 11 is 6.06. The maximum atomic E-state index is 13.5. The van der Waals surface area contributed by atoms with Gasteiger partial charge in [-0.25, -0.2) is 4.79 Å². The lowest BCUT2D eigenvalue weighted by Crippen LogP contribution is -2.44. The second-order valence-corrected chi connectivity index (χ2v) is 8.23. The number of carbonyl (C=O) groups excluding carboxylic acids is 2. The number of esters is 1. The van der Waals surface area contributed by atoms with Crippen LogP contribution < -0.4 is 10.1 Å². The number of halogens is 1. The van der Waals surface area contributed by atoms with Crippen LogP contribution in [0, 0.1) is 0 Å². The highest BCUT2D eigenvalue weighted by molar-refractivity contribution is 6.30. The predicted octanol–water partition coefficient (Wildman–Crippen LogP) is 5.38. The molecular weight excluding hydrogens is 430 g/mol. The fourth-order valence-corrected chi connectivity index (χ4v) is 3.94. The minimum absolute atomic E-state index is 0.141. The number of unbranched alkanes of at least 4 members (excludes halogenated alkanes) is 1. The number of carbonyl (C=O) groups is 2. The first-order valence-electron chi connectivity index (χ1n) is 11.1. The van der Waals surface area contributed by atoms with Crippen LogP contribution in [0.5, 0.6) is 5.75 Å². The molecule has 2 aromatic carbocycles. The lowest BCUT2D eigenvalue weighted by Gasteiger charge is -2.36. The third kappa shape index (κ3) is 5.61. The van der Waals surface area contributed by atoms with Crippen molar-refractivity contribution in [2.24, 2.45) is 0 Å². The standard InChI is InChI=1S/C25H30ClNO5/c1-3-5-14-32-22-11-10-20(17-21(22)23(28)31-4-2)27-24(29)25(12-15-30-16-13-25)18-6-8-19(26)9-7-18/h6-11,17H,3-5,12-16H2,1-2H3,(H,27,29). The molecule has 1 saturated heterocycles. The van der Waals surface area contributed by atoms with Crippen molar-refractivity contribution >= 4 is 29.2 Å². The van der Waals surface area contributed by atoms with Gasteiger partial charge in [0.2, 0.25) is 5.91 Å². The number of benzene rings is 2. The Morgan fingerprint density at radius 2 is 1.81 bits per heavy atom. The highest BCUT2D eigenvalue weighted by Crippen LogP contribution is 2.37. The van der Waals surface area contributed by atoms with Gasteiger partial charge in [-0.3, -0.25) is 4.79 Å². The number of anilines is 1. The molecule has 1 aliphatic rings. The molecule has 1 amide bonds. The van der Waals surface area contributed by atoms with Gasteiger partial charge in [-0.15, -0.1) is 0 Å². The summed E-state index contributed by atoms with van der Waals surface area (Å²) in [6.07, 6.45) is 2.98. The van der Waals surface area contributed by atoms with Gasteiger partial charge in [0.15, 0.2) is 0 Å². The van der Waals surface area contributed by atoms with E-state index in [4.69, 9.17) is 25.8 Å². The van der Waals surface area contributed by atoms with Crippen LogP contribution in [-0.4, -0.2) is 38.3 Å². The average Bonchev–Trinajstić information content (AvgIpc) is 2.81. The van der Waals surface area contributed by atoms with Crippen molar-refractivity contribution in [3.8, 4) is 5.75 Å². The summed E-state index contributed by atoms with van der Waals surface area (Å²) < 4.78 is 16.5. The zero-order valence-electron chi connectivity index (χ0n) is 18.6. The molecule has 0 spiro atoms. The number of hydrogen-bond donors (Lipinski definition) is 1. The Labute approximate surface area is 194 Å². The van der Waals surface area contributed by atoms with Gasteiger partial charge < -0.3 is 19.5 Å². The molecule has 0 radical (unpaired) electrons. The largest absolute Gasteiger partial charge is 0.493 e. The van der Waals surface area contributed by atoms with E-state index in [-0.39, 0.29) is 12.5 Å². The first-order valence-corrected chi connectivity index (χ1v) is 11.5. The van der Waals surface area contributed by atoms with Crippen LogP contribution in [0.2, 0.25) is 5.02 Å². The van der Waals surface area contributed by atoms with Crippen LogP contribution in [0.1, 0.15) is 55.5 Å². The van der Waals surface area contributed by atoms with Crippen molar-refractivity contribution in [2.45, 2.75) is 44.9 Å². The van der Waals surface area contributed by atoms with Gasteiger partial charge in [0.1, 0.15) is 11.3 Å². The second kappa shape index (κ2) is 11.3. The third-order valence-corrected chi connectivity index (χ3v) is 5.92. The maximum Gasteiger partial charge on any atom is 0.341 e. The fraction of sp³-hybridized carbons (Fsp3) is 0.440. The summed E-state index contributed by atoms with van der Waals surface area (Å²) in [6, 6.07) is 12.4. The molecular formula is C25H30ClNO5. The molecule has 172 valence electrons. The molecule has 1 fully saturated rings. The number of rotatable bonds is 9. The molecule has 6 nitrogen and oxygen atoms in total. The molecule has 0 atom stereocenters. The Morgan fingerprint density at radius 1 is 1.09 bits per heavy atom. The van der Waals surface area contributed by atoms with Crippen molar-refractivity contribution in [2.75, 3.05) is 31.7 Å². The summed E-state index contributed by atoms with van der Waals surface area (Å²) in [7, 11) is 0. The third-order valence-electron chi connectivity index (χ3n) is 5.67. The van der Waals surface area contributed by atoms with Crippen molar-refractivity contribution in [3.63, 3.8) is 0 Å². The molecule has 3 rings (SSSR count). The highest BCUT2D eigenvalue weighted by atomic mass is 35.5. The van der Waals surface area contributed by atoms with E-state index in [2.05, 4.69) is 12.2 Å². The molecule has 1 heterocycles. The van der Waals surface area contributed by atoms with Gasteiger partial charge >= 0.3 is 5.97 Å². The Hall–Kier alpha value is -2.57. The fourth-order valence-electron chi connectivity index (χ4n) is 3.81. The second-order valence-electron chi connectivity index (χ2n) is 7.79. The molecule has 0 aliphatic carbocycles. The van der Waals surface area contributed by atoms with E-state index in [1.165, 1.54) is 0 Å². The van der Waals surface area contributed by atoms with Crippen LogP contribution in [0.25, 0.3) is 0 Å². The summed E-state index contributed by atoms with van der Waals surface area (Å²) in [4.78, 5) is 26.0. The molecule has 1 N–H and O–H groups in total. The number of hydrogen-bond acceptors (Lipinski definition) is 5. The number of amides is 1. The zero-order valence-corrected chi connectivity index (χ0v) is 19.4. The maximum absolute atomic E-state index is 13.5. The van der Waals surface area contributed by atoms with E-state index in [0.29, 0.717) is 54.7 Å². The first-order chi connectivity index (χ1) is 15.5. The molecule has 0 unspecified atom stereocenters. The van der Waals surface area contributed by atoms with E-state index < -0.39 is 11.4 Å². The monoisotopic (exact) mass is 459 g/mol. The number of nitrogens with one attached hydrogen (secondary N) is 1. The van der Waals surface area contributed by atoms with E-state index >= 15 is 0 Å². The predicted molar refractivity (Wildman–Crippen MR) is 125 cm³/mol. The van der Waals surface area contributed by atoms with Gasteiger partial charge in [-0.2, -0.15) is 0 Å². The molecule has 2 aromatic rings. The van der Waals surface area contributed by atoms with Crippen molar-refractivity contribution in [1.82, 2.24) is 0 Å². The smallest absolute Gasteiger partial charge is 0.341 e. The van der Waals surface area contributed by atoms with Crippen molar-refractivity contribution in [3.05, 3.63) is 58.6 Å². The topological polar surface area (TPSA) is 73.9 Å². The summed E-state index contributed by atoms with van der Waals surface area (Å²) in [6.45, 7) is 5.57. The average molecular weight is 460 g/mol. The molecule has 0 aromatic heterocycles. The van der Waals surface area contributed by atoms with Crippen LogP contribution in [0.15, 0.2) is 42.5 Å². The van der Waals surface area contributed by atoms with Crippen LogP contribution in [0.4, 0.5) is 5.69 Å². The van der Waals surface area contributed by atoms with E-state index in [1.807, 2.05) is 12.1 Å².